The van der Waals surface area contributed by atoms with Gasteiger partial charge in [0.2, 0.25) is 5.82 Å². The summed E-state index contributed by atoms with van der Waals surface area (Å²) in [6.07, 6.45) is 1.66. The summed E-state index contributed by atoms with van der Waals surface area (Å²) in [5.74, 6) is 2.57. The maximum absolute atomic E-state index is 5.87. The molecular weight excluding hydrogens is 408 g/mol. The molecule has 6 nitrogen and oxygen atoms in total. The normalized spacial score (nSPS) is 11.3. The summed E-state index contributed by atoms with van der Waals surface area (Å²) in [6.45, 7) is 0.320. The lowest BCUT2D eigenvalue weighted by molar-refractivity contribution is 0.270. The van der Waals surface area contributed by atoms with E-state index >= 15 is 0 Å². The van der Waals surface area contributed by atoms with E-state index in [1.165, 1.54) is 0 Å². The van der Waals surface area contributed by atoms with Crippen molar-refractivity contribution in [3.8, 4) is 17.3 Å². The quantitative estimate of drug-likeness (QED) is 0.414. The average Bonchev–Trinajstić information content (AvgIpc) is 3.34. The summed E-state index contributed by atoms with van der Waals surface area (Å²) in [7, 11) is 0. The molecule has 27 heavy (non-hydrogen) atoms. The van der Waals surface area contributed by atoms with Crippen LogP contribution in [0, 0.1) is 0 Å². The van der Waals surface area contributed by atoms with Crippen molar-refractivity contribution < 1.29 is 9.15 Å². The minimum absolute atomic E-state index is 0.320. The van der Waals surface area contributed by atoms with Gasteiger partial charge in [0, 0.05) is 5.39 Å². The fraction of sp³-hybridized carbons (Fsp3) is 0.0500. The zero-order valence-corrected chi connectivity index (χ0v) is 15.6. The third-order valence-corrected chi connectivity index (χ3v) is 4.83. The van der Waals surface area contributed by atoms with E-state index in [1.807, 2.05) is 60.7 Å². The van der Waals surface area contributed by atoms with Gasteiger partial charge in [-0.2, -0.15) is 0 Å². The summed E-state index contributed by atoms with van der Waals surface area (Å²) in [5, 5.41) is 5.43. The van der Waals surface area contributed by atoms with Gasteiger partial charge in [-0.05, 0) is 52.3 Å². The molecule has 0 spiro atoms. The van der Waals surface area contributed by atoms with Crippen LogP contribution in [0.25, 0.3) is 28.1 Å². The van der Waals surface area contributed by atoms with Crippen LogP contribution in [0.2, 0.25) is 0 Å². The zero-order chi connectivity index (χ0) is 18.2. The number of furan rings is 1. The van der Waals surface area contributed by atoms with Crippen molar-refractivity contribution in [2.45, 2.75) is 6.61 Å². The van der Waals surface area contributed by atoms with Crippen molar-refractivity contribution in [2.24, 2.45) is 0 Å². The van der Waals surface area contributed by atoms with E-state index in [-0.39, 0.29) is 0 Å². The second kappa shape index (κ2) is 6.51. The van der Waals surface area contributed by atoms with Crippen LogP contribution in [0.15, 0.2) is 75.9 Å². The van der Waals surface area contributed by atoms with Crippen molar-refractivity contribution in [1.29, 1.82) is 0 Å². The zero-order valence-electron chi connectivity index (χ0n) is 14.0. The van der Waals surface area contributed by atoms with E-state index in [0.717, 1.165) is 26.8 Å². The first-order valence-corrected chi connectivity index (χ1v) is 9.14. The number of para-hydroxylation sites is 2. The molecule has 5 rings (SSSR count). The van der Waals surface area contributed by atoms with Gasteiger partial charge in [-0.25, -0.2) is 14.5 Å². The van der Waals surface area contributed by atoms with E-state index in [1.54, 1.807) is 10.8 Å². The molecule has 0 aliphatic rings. The number of halogens is 1. The van der Waals surface area contributed by atoms with Gasteiger partial charge in [0.1, 0.15) is 24.4 Å². The van der Waals surface area contributed by atoms with Gasteiger partial charge in [0.15, 0.2) is 11.4 Å². The highest BCUT2D eigenvalue weighted by Gasteiger charge is 2.13. The van der Waals surface area contributed by atoms with Gasteiger partial charge in [-0.1, -0.05) is 24.3 Å². The Morgan fingerprint density at radius 3 is 2.78 bits per heavy atom. The smallest absolute Gasteiger partial charge is 0.217 e. The molecule has 3 aromatic heterocycles. The fourth-order valence-electron chi connectivity index (χ4n) is 2.87. The third kappa shape index (κ3) is 2.96. The third-order valence-electron chi connectivity index (χ3n) is 4.17. The molecule has 0 atom stereocenters. The lowest BCUT2D eigenvalue weighted by atomic mass is 10.2. The molecule has 0 amide bonds. The first kappa shape index (κ1) is 16.0. The Bertz CT molecular complexity index is 1260. The number of hydrogen-bond acceptors (Lipinski definition) is 5. The minimum Gasteiger partial charge on any atom is -0.484 e. The Morgan fingerprint density at radius 1 is 1.00 bits per heavy atom. The van der Waals surface area contributed by atoms with Crippen molar-refractivity contribution in [3.63, 3.8) is 0 Å². The van der Waals surface area contributed by atoms with E-state index in [9.17, 15) is 0 Å². The molecule has 0 aliphatic carbocycles. The number of aromatic nitrogens is 4. The van der Waals surface area contributed by atoms with Gasteiger partial charge < -0.3 is 9.15 Å². The first-order chi connectivity index (χ1) is 13.3. The lowest BCUT2D eigenvalue weighted by Gasteiger charge is -2.05. The molecule has 0 radical (unpaired) electrons. The van der Waals surface area contributed by atoms with Crippen LogP contribution in [-0.4, -0.2) is 19.6 Å². The molecule has 3 heterocycles. The number of fused-ring (bicyclic) bond motifs is 3. The summed E-state index contributed by atoms with van der Waals surface area (Å²) in [5.41, 5.74) is 1.63. The molecule has 2 aromatic carbocycles. The molecule has 0 aliphatic heterocycles. The summed E-state index contributed by atoms with van der Waals surface area (Å²) in [6, 6.07) is 19.3. The fourth-order valence-corrected chi connectivity index (χ4v) is 3.27. The summed E-state index contributed by atoms with van der Waals surface area (Å²) < 4.78 is 14.2. The SMILES string of the molecule is Brc1ccccc1OCc1ccc(-c2nc3c4ccccc4ncn3n2)o1. The van der Waals surface area contributed by atoms with Crippen molar-refractivity contribution in [1.82, 2.24) is 19.6 Å². The van der Waals surface area contributed by atoms with E-state index < -0.39 is 0 Å². The van der Waals surface area contributed by atoms with Crippen LogP contribution in [0.4, 0.5) is 0 Å². The molecule has 0 bridgehead atoms. The molecule has 0 fully saturated rings. The van der Waals surface area contributed by atoms with Crippen LogP contribution in [0.1, 0.15) is 5.76 Å². The molecule has 5 aromatic rings. The Hall–Kier alpha value is -3.19. The topological polar surface area (TPSA) is 65.5 Å². The van der Waals surface area contributed by atoms with Crippen LogP contribution >= 0.6 is 15.9 Å². The number of benzene rings is 2. The first-order valence-electron chi connectivity index (χ1n) is 8.34. The van der Waals surface area contributed by atoms with Crippen LogP contribution in [0.3, 0.4) is 0 Å². The standard InChI is InChI=1S/C20H13BrN4O2/c21-15-6-2-4-8-17(15)26-11-13-9-10-18(27-13)19-23-20-14-5-1-3-7-16(14)22-12-25(20)24-19/h1-10,12H,11H2. The highest BCUT2D eigenvalue weighted by atomic mass is 79.9. The van der Waals surface area contributed by atoms with Crippen LogP contribution in [-0.2, 0) is 6.61 Å². The number of ether oxygens (including phenoxy) is 1. The maximum Gasteiger partial charge on any atom is 0.217 e. The minimum atomic E-state index is 0.320. The second-order valence-corrected chi connectivity index (χ2v) is 6.80. The summed E-state index contributed by atoms with van der Waals surface area (Å²) >= 11 is 3.47. The average molecular weight is 421 g/mol. The monoisotopic (exact) mass is 420 g/mol. The molecule has 0 saturated heterocycles. The van der Waals surface area contributed by atoms with E-state index in [4.69, 9.17) is 9.15 Å². The Morgan fingerprint density at radius 2 is 1.85 bits per heavy atom. The van der Waals surface area contributed by atoms with Gasteiger partial charge in [0.05, 0.1) is 9.99 Å². The van der Waals surface area contributed by atoms with Crippen molar-refractivity contribution in [2.75, 3.05) is 0 Å². The van der Waals surface area contributed by atoms with Gasteiger partial charge >= 0.3 is 0 Å². The van der Waals surface area contributed by atoms with E-state index in [2.05, 4.69) is 31.0 Å². The molecule has 132 valence electrons. The van der Waals surface area contributed by atoms with E-state index in [0.29, 0.717) is 24.0 Å². The number of hydrogen-bond donors (Lipinski definition) is 0. The largest absolute Gasteiger partial charge is 0.484 e. The van der Waals surface area contributed by atoms with Crippen LogP contribution in [0.5, 0.6) is 5.75 Å². The second-order valence-electron chi connectivity index (χ2n) is 5.95. The Labute approximate surface area is 162 Å². The molecule has 0 N–H and O–H groups in total. The predicted octanol–water partition coefficient (Wildman–Crippen LogP) is 4.88. The van der Waals surface area contributed by atoms with Crippen molar-refractivity contribution >= 4 is 32.5 Å². The Balaban J connectivity index is 1.44. The van der Waals surface area contributed by atoms with Crippen molar-refractivity contribution in [3.05, 3.63) is 77.2 Å². The predicted molar refractivity (Wildman–Crippen MR) is 104 cm³/mol. The highest BCUT2D eigenvalue weighted by Crippen LogP contribution is 2.26. The van der Waals surface area contributed by atoms with Gasteiger partial charge in [-0.3, -0.25) is 0 Å². The highest BCUT2D eigenvalue weighted by molar-refractivity contribution is 9.10. The van der Waals surface area contributed by atoms with Gasteiger partial charge in [0.25, 0.3) is 0 Å². The number of rotatable bonds is 4. The van der Waals surface area contributed by atoms with Gasteiger partial charge in [-0.15, -0.1) is 5.10 Å². The molecular formula is C20H13BrN4O2. The number of nitrogens with zero attached hydrogens (tertiary/aromatic N) is 4. The maximum atomic E-state index is 5.87. The molecule has 0 unspecified atom stereocenters. The summed E-state index contributed by atoms with van der Waals surface area (Å²) in [4.78, 5) is 9.02. The lowest BCUT2D eigenvalue weighted by Crippen LogP contribution is -1.94. The van der Waals surface area contributed by atoms with Crippen LogP contribution < -0.4 is 4.74 Å². The molecule has 0 saturated carbocycles. The Kier molecular flexibility index (Phi) is 3.86. The molecule has 7 heteroatoms.